The summed E-state index contributed by atoms with van der Waals surface area (Å²) in [5.41, 5.74) is 2.62. The Balaban J connectivity index is 1.44. The van der Waals surface area contributed by atoms with Gasteiger partial charge < -0.3 is 10.6 Å². The predicted octanol–water partition coefficient (Wildman–Crippen LogP) is 4.49. The van der Waals surface area contributed by atoms with Crippen LogP contribution in [0.15, 0.2) is 59.3 Å². The van der Waals surface area contributed by atoms with Crippen LogP contribution in [0, 0.1) is 6.92 Å². The lowest BCUT2D eigenvalue weighted by Gasteiger charge is -2.22. The van der Waals surface area contributed by atoms with Gasteiger partial charge in [-0.3, -0.25) is 14.4 Å². The molecule has 1 aliphatic carbocycles. The zero-order valence-electron chi connectivity index (χ0n) is 17.3. The maximum Gasteiger partial charge on any atom is 0.283 e. The number of hydrogen-bond acceptors (Lipinski definition) is 4. The minimum atomic E-state index is -0.568. The van der Waals surface area contributed by atoms with Gasteiger partial charge in [-0.05, 0) is 56.2 Å². The fourth-order valence-electron chi connectivity index (χ4n) is 3.90. The number of nitrogens with zero attached hydrogens (tertiary/aromatic N) is 1. The van der Waals surface area contributed by atoms with E-state index in [4.69, 9.17) is 11.6 Å². The highest BCUT2D eigenvalue weighted by molar-refractivity contribution is 6.53. The van der Waals surface area contributed by atoms with Crippen molar-refractivity contribution in [1.82, 2.24) is 5.32 Å². The molecular formula is C24H24ClN3O3. The molecule has 0 radical (unpaired) electrons. The molecule has 1 fully saturated rings. The Hall–Kier alpha value is -3.12. The molecule has 1 saturated carbocycles. The summed E-state index contributed by atoms with van der Waals surface area (Å²) in [5.74, 6) is -1.19. The van der Waals surface area contributed by atoms with Crippen molar-refractivity contribution < 1.29 is 14.4 Å². The van der Waals surface area contributed by atoms with E-state index in [2.05, 4.69) is 10.6 Å². The van der Waals surface area contributed by atoms with Crippen LogP contribution in [-0.2, 0) is 9.59 Å². The molecule has 0 atom stereocenters. The molecule has 0 unspecified atom stereocenters. The van der Waals surface area contributed by atoms with Crippen molar-refractivity contribution in [2.45, 2.75) is 45.1 Å². The van der Waals surface area contributed by atoms with Crippen molar-refractivity contribution in [1.29, 1.82) is 0 Å². The lowest BCUT2D eigenvalue weighted by molar-refractivity contribution is -0.120. The second-order valence-electron chi connectivity index (χ2n) is 7.98. The molecule has 2 aromatic rings. The van der Waals surface area contributed by atoms with Crippen molar-refractivity contribution in [2.24, 2.45) is 0 Å². The van der Waals surface area contributed by atoms with E-state index in [-0.39, 0.29) is 22.7 Å². The topological polar surface area (TPSA) is 78.5 Å². The number of carbonyl (C=O) groups excluding carboxylic acids is 3. The van der Waals surface area contributed by atoms with Crippen molar-refractivity contribution in [3.8, 4) is 0 Å². The highest BCUT2D eigenvalue weighted by Crippen LogP contribution is 2.30. The summed E-state index contributed by atoms with van der Waals surface area (Å²) in [4.78, 5) is 38.9. The van der Waals surface area contributed by atoms with Crippen LogP contribution >= 0.6 is 11.6 Å². The lowest BCUT2D eigenvalue weighted by atomic mass is 9.95. The van der Waals surface area contributed by atoms with Gasteiger partial charge >= 0.3 is 0 Å². The van der Waals surface area contributed by atoms with Crippen LogP contribution < -0.4 is 15.5 Å². The Kier molecular flexibility index (Phi) is 6.09. The first-order chi connectivity index (χ1) is 14.9. The molecule has 0 spiro atoms. The number of halogens is 1. The van der Waals surface area contributed by atoms with E-state index < -0.39 is 11.8 Å². The molecule has 0 aromatic heterocycles. The third kappa shape index (κ3) is 4.49. The minimum absolute atomic E-state index is 0.0200. The van der Waals surface area contributed by atoms with Crippen LogP contribution in [0.5, 0.6) is 0 Å². The number of hydrogen-bond donors (Lipinski definition) is 2. The number of rotatable bonds is 5. The number of carbonyl (C=O) groups is 3. The van der Waals surface area contributed by atoms with E-state index in [0.717, 1.165) is 36.1 Å². The first-order valence-corrected chi connectivity index (χ1v) is 10.8. The maximum absolute atomic E-state index is 12.8. The van der Waals surface area contributed by atoms with Crippen LogP contribution in [0.2, 0.25) is 0 Å². The second kappa shape index (κ2) is 8.94. The fraction of sp³-hybridized carbons (Fsp3) is 0.292. The van der Waals surface area contributed by atoms with E-state index in [1.807, 2.05) is 19.1 Å². The van der Waals surface area contributed by atoms with Crippen LogP contribution in [-0.4, -0.2) is 23.8 Å². The lowest BCUT2D eigenvalue weighted by Crippen LogP contribution is -2.36. The average Bonchev–Trinajstić information content (AvgIpc) is 2.99. The van der Waals surface area contributed by atoms with Gasteiger partial charge in [0.1, 0.15) is 10.7 Å². The van der Waals surface area contributed by atoms with E-state index in [1.165, 1.54) is 6.42 Å². The van der Waals surface area contributed by atoms with Crippen molar-refractivity contribution in [3.05, 3.63) is 70.4 Å². The van der Waals surface area contributed by atoms with Crippen molar-refractivity contribution in [3.63, 3.8) is 0 Å². The standard InChI is InChI=1S/C24H24ClN3O3/c1-15-7-13-19(14-8-15)28-23(30)20(25)21(24(28)31)26-18-11-9-16(10-12-18)22(29)27-17-5-3-2-4-6-17/h7-14,17,26H,2-6H2,1H3,(H,27,29). The van der Waals surface area contributed by atoms with Gasteiger partial charge in [0, 0.05) is 17.3 Å². The number of benzene rings is 2. The van der Waals surface area contributed by atoms with Gasteiger partial charge in [-0.1, -0.05) is 48.6 Å². The molecule has 160 valence electrons. The summed E-state index contributed by atoms with van der Waals surface area (Å²) in [5, 5.41) is 5.85. The quantitative estimate of drug-likeness (QED) is 0.675. The van der Waals surface area contributed by atoms with Crippen molar-refractivity contribution in [2.75, 3.05) is 10.2 Å². The zero-order chi connectivity index (χ0) is 22.0. The van der Waals surface area contributed by atoms with Gasteiger partial charge in [-0.2, -0.15) is 0 Å². The molecule has 3 amide bonds. The smallest absolute Gasteiger partial charge is 0.283 e. The summed E-state index contributed by atoms with van der Waals surface area (Å²) in [6, 6.07) is 14.1. The molecule has 6 nitrogen and oxygen atoms in total. The molecule has 2 aromatic carbocycles. The van der Waals surface area contributed by atoms with Gasteiger partial charge in [0.05, 0.1) is 5.69 Å². The van der Waals surface area contributed by atoms with Crippen molar-refractivity contribution >= 4 is 40.7 Å². The molecular weight excluding hydrogens is 414 g/mol. The first kappa shape index (κ1) is 21.1. The molecule has 0 saturated heterocycles. The average molecular weight is 438 g/mol. The SMILES string of the molecule is Cc1ccc(N2C(=O)C(Cl)=C(Nc3ccc(C(=O)NC4CCCCC4)cc3)C2=O)cc1. The van der Waals surface area contributed by atoms with Gasteiger partial charge in [-0.25, -0.2) is 4.90 Å². The monoisotopic (exact) mass is 437 g/mol. The predicted molar refractivity (Wildman–Crippen MR) is 121 cm³/mol. The molecule has 2 aliphatic rings. The summed E-state index contributed by atoms with van der Waals surface area (Å²) in [6.45, 7) is 1.93. The van der Waals surface area contributed by atoms with E-state index in [9.17, 15) is 14.4 Å². The summed E-state index contributed by atoms with van der Waals surface area (Å²) in [6.07, 6.45) is 5.57. The number of aryl methyl sites for hydroxylation is 1. The van der Waals surface area contributed by atoms with Gasteiger partial charge in [-0.15, -0.1) is 0 Å². The highest BCUT2D eigenvalue weighted by atomic mass is 35.5. The highest BCUT2D eigenvalue weighted by Gasteiger charge is 2.38. The molecule has 1 aliphatic heterocycles. The number of nitrogens with one attached hydrogen (secondary N) is 2. The molecule has 31 heavy (non-hydrogen) atoms. The van der Waals surface area contributed by atoms with Crippen LogP contribution in [0.3, 0.4) is 0 Å². The normalized spacial score (nSPS) is 17.3. The van der Waals surface area contributed by atoms with Crippen LogP contribution in [0.25, 0.3) is 0 Å². The van der Waals surface area contributed by atoms with E-state index >= 15 is 0 Å². The van der Waals surface area contributed by atoms with Gasteiger partial charge in [0.2, 0.25) is 0 Å². The molecule has 7 heteroatoms. The number of anilines is 2. The Labute approximate surface area is 186 Å². The first-order valence-electron chi connectivity index (χ1n) is 10.5. The maximum atomic E-state index is 12.8. The third-order valence-corrected chi connectivity index (χ3v) is 6.03. The molecule has 2 N–H and O–H groups in total. The fourth-order valence-corrected chi connectivity index (χ4v) is 4.12. The van der Waals surface area contributed by atoms with E-state index in [0.29, 0.717) is 16.9 Å². The summed E-state index contributed by atoms with van der Waals surface area (Å²) in [7, 11) is 0. The van der Waals surface area contributed by atoms with Gasteiger partial charge in [0.25, 0.3) is 17.7 Å². The Morgan fingerprint density at radius 2 is 1.58 bits per heavy atom. The number of imide groups is 1. The largest absolute Gasteiger partial charge is 0.350 e. The second-order valence-corrected chi connectivity index (χ2v) is 8.36. The zero-order valence-corrected chi connectivity index (χ0v) is 18.0. The van der Waals surface area contributed by atoms with Crippen LogP contribution in [0.4, 0.5) is 11.4 Å². The van der Waals surface area contributed by atoms with Crippen LogP contribution in [0.1, 0.15) is 48.0 Å². The van der Waals surface area contributed by atoms with E-state index in [1.54, 1.807) is 36.4 Å². The molecule has 1 heterocycles. The molecule has 0 bridgehead atoms. The Bertz CT molecular complexity index is 1040. The summed E-state index contributed by atoms with van der Waals surface area (Å²) < 4.78 is 0. The van der Waals surface area contributed by atoms with Gasteiger partial charge in [0.15, 0.2) is 0 Å². The summed E-state index contributed by atoms with van der Waals surface area (Å²) >= 11 is 6.18. The Morgan fingerprint density at radius 1 is 0.935 bits per heavy atom. The third-order valence-electron chi connectivity index (χ3n) is 5.68. The molecule has 4 rings (SSSR count). The Morgan fingerprint density at radius 3 is 2.23 bits per heavy atom. The number of amides is 3. The minimum Gasteiger partial charge on any atom is -0.350 e.